The number of halogens is 2. The van der Waals surface area contributed by atoms with Crippen molar-refractivity contribution < 1.29 is 0 Å². The van der Waals surface area contributed by atoms with E-state index in [9.17, 15) is 0 Å². The average Bonchev–Trinajstić information content (AvgIpc) is 2.68. The predicted octanol–water partition coefficient (Wildman–Crippen LogP) is 5.05. The maximum Gasteiger partial charge on any atom is 0.178 e. The number of nitrogens with one attached hydrogen (secondary N) is 1. The summed E-state index contributed by atoms with van der Waals surface area (Å²) in [5.41, 5.74) is 3.00. The zero-order valence-electron chi connectivity index (χ0n) is 9.86. The van der Waals surface area contributed by atoms with Gasteiger partial charge in [0.05, 0.1) is 17.6 Å². The van der Waals surface area contributed by atoms with Crippen LogP contribution in [-0.2, 0) is 6.54 Å². The minimum absolute atomic E-state index is 0.639. The molecule has 1 aromatic heterocycles. The van der Waals surface area contributed by atoms with Crippen molar-refractivity contribution in [2.24, 2.45) is 0 Å². The molecule has 1 N–H and O–H groups in total. The van der Waals surface area contributed by atoms with Crippen LogP contribution in [0.4, 0.5) is 0 Å². The molecule has 5 heteroatoms. The fourth-order valence-corrected chi connectivity index (χ4v) is 2.73. The largest absolute Gasteiger partial charge is 0.331 e. The van der Waals surface area contributed by atoms with Gasteiger partial charge in [-0.05, 0) is 42.0 Å². The van der Waals surface area contributed by atoms with E-state index in [0.29, 0.717) is 16.3 Å². The first-order valence-corrected chi connectivity index (χ1v) is 6.93. The van der Waals surface area contributed by atoms with E-state index in [0.717, 1.165) is 21.6 Å². The Morgan fingerprint density at radius 3 is 2.68 bits per heavy atom. The maximum absolute atomic E-state index is 6.19. The standard InChI is InChI=1S/C14H10Cl2N2S/c15-10-5-6-13-12(7-10)17-14(19)18(13)8-9-3-1-2-4-11(9)16/h1-7H,8H2,(H,17,19). The number of benzene rings is 2. The van der Waals surface area contributed by atoms with E-state index in [4.69, 9.17) is 35.4 Å². The molecule has 0 spiro atoms. The first-order chi connectivity index (χ1) is 9.15. The predicted molar refractivity (Wildman–Crippen MR) is 82.7 cm³/mol. The lowest BCUT2D eigenvalue weighted by molar-refractivity contribution is 0.811. The van der Waals surface area contributed by atoms with Crippen molar-refractivity contribution in [1.82, 2.24) is 9.55 Å². The van der Waals surface area contributed by atoms with Crippen LogP contribution >= 0.6 is 35.4 Å². The van der Waals surface area contributed by atoms with Gasteiger partial charge in [0.15, 0.2) is 4.77 Å². The summed E-state index contributed by atoms with van der Waals surface area (Å²) in [5, 5.41) is 1.43. The van der Waals surface area contributed by atoms with E-state index < -0.39 is 0 Å². The average molecular weight is 309 g/mol. The van der Waals surface area contributed by atoms with Crippen LogP contribution in [0.3, 0.4) is 0 Å². The first kappa shape index (κ1) is 12.7. The number of hydrogen-bond donors (Lipinski definition) is 1. The molecule has 0 fully saturated rings. The summed E-state index contributed by atoms with van der Waals surface area (Å²) in [6.45, 7) is 0.639. The van der Waals surface area contributed by atoms with Crippen LogP contribution in [0.1, 0.15) is 5.56 Å². The highest BCUT2D eigenvalue weighted by atomic mass is 35.5. The van der Waals surface area contributed by atoms with Crippen LogP contribution in [0.15, 0.2) is 42.5 Å². The molecule has 3 rings (SSSR count). The summed E-state index contributed by atoms with van der Waals surface area (Å²) >= 11 is 17.5. The summed E-state index contributed by atoms with van der Waals surface area (Å²) in [6.07, 6.45) is 0. The molecule has 0 aliphatic rings. The molecular weight excluding hydrogens is 299 g/mol. The highest BCUT2D eigenvalue weighted by Crippen LogP contribution is 2.22. The molecule has 96 valence electrons. The highest BCUT2D eigenvalue weighted by Gasteiger charge is 2.07. The van der Waals surface area contributed by atoms with Gasteiger partial charge in [0.25, 0.3) is 0 Å². The molecule has 0 atom stereocenters. The quantitative estimate of drug-likeness (QED) is 0.657. The minimum atomic E-state index is 0.639. The van der Waals surface area contributed by atoms with Crippen LogP contribution in [-0.4, -0.2) is 9.55 Å². The number of H-pyrrole nitrogens is 1. The van der Waals surface area contributed by atoms with Crippen molar-refractivity contribution in [3.63, 3.8) is 0 Å². The summed E-state index contributed by atoms with van der Waals surface area (Å²) in [5.74, 6) is 0. The second-order valence-electron chi connectivity index (χ2n) is 4.27. The molecule has 2 nitrogen and oxygen atoms in total. The molecule has 0 aliphatic carbocycles. The number of nitrogens with zero attached hydrogens (tertiary/aromatic N) is 1. The van der Waals surface area contributed by atoms with Crippen LogP contribution in [0.25, 0.3) is 11.0 Å². The topological polar surface area (TPSA) is 20.7 Å². The molecule has 0 bridgehead atoms. The summed E-state index contributed by atoms with van der Waals surface area (Å²) in [7, 11) is 0. The Morgan fingerprint density at radius 2 is 1.89 bits per heavy atom. The molecule has 0 amide bonds. The van der Waals surface area contributed by atoms with Gasteiger partial charge in [-0.15, -0.1) is 0 Å². The molecule has 0 aliphatic heterocycles. The summed E-state index contributed by atoms with van der Waals surface area (Å²) in [4.78, 5) is 3.16. The molecule has 0 radical (unpaired) electrons. The summed E-state index contributed by atoms with van der Waals surface area (Å²) in [6, 6.07) is 13.5. The van der Waals surface area contributed by atoms with Crippen molar-refractivity contribution in [1.29, 1.82) is 0 Å². The number of aromatic nitrogens is 2. The van der Waals surface area contributed by atoms with Crippen molar-refractivity contribution in [3.05, 3.63) is 62.8 Å². The van der Waals surface area contributed by atoms with Gasteiger partial charge in [-0.1, -0.05) is 41.4 Å². The van der Waals surface area contributed by atoms with E-state index in [1.54, 1.807) is 0 Å². The fraction of sp³-hybridized carbons (Fsp3) is 0.0714. The van der Waals surface area contributed by atoms with Crippen molar-refractivity contribution in [2.45, 2.75) is 6.54 Å². The third kappa shape index (κ3) is 2.41. The number of rotatable bonds is 2. The molecule has 1 heterocycles. The molecule has 19 heavy (non-hydrogen) atoms. The Kier molecular flexibility index (Phi) is 3.35. The first-order valence-electron chi connectivity index (χ1n) is 5.76. The Bertz CT molecular complexity index is 805. The number of fused-ring (bicyclic) bond motifs is 1. The van der Waals surface area contributed by atoms with Gasteiger partial charge >= 0.3 is 0 Å². The highest BCUT2D eigenvalue weighted by molar-refractivity contribution is 7.71. The monoisotopic (exact) mass is 308 g/mol. The third-order valence-corrected chi connectivity index (χ3v) is 3.95. The zero-order chi connectivity index (χ0) is 13.4. The van der Waals surface area contributed by atoms with Crippen LogP contribution in [0.2, 0.25) is 10.0 Å². The van der Waals surface area contributed by atoms with Gasteiger partial charge in [-0.3, -0.25) is 0 Å². The van der Waals surface area contributed by atoms with Crippen molar-refractivity contribution in [2.75, 3.05) is 0 Å². The zero-order valence-corrected chi connectivity index (χ0v) is 12.2. The lowest BCUT2D eigenvalue weighted by Crippen LogP contribution is -2.00. The van der Waals surface area contributed by atoms with Gasteiger partial charge in [0.2, 0.25) is 0 Å². The van der Waals surface area contributed by atoms with Gasteiger partial charge < -0.3 is 9.55 Å². The Hall–Kier alpha value is -1.29. The van der Waals surface area contributed by atoms with Gasteiger partial charge in [-0.25, -0.2) is 0 Å². The lowest BCUT2D eigenvalue weighted by Gasteiger charge is -2.06. The van der Waals surface area contributed by atoms with E-state index in [1.807, 2.05) is 47.0 Å². The second-order valence-corrected chi connectivity index (χ2v) is 5.50. The molecule has 0 saturated carbocycles. The van der Waals surface area contributed by atoms with Crippen LogP contribution in [0.5, 0.6) is 0 Å². The van der Waals surface area contributed by atoms with Crippen LogP contribution < -0.4 is 0 Å². The Balaban J connectivity index is 2.13. The third-order valence-electron chi connectivity index (χ3n) is 3.02. The van der Waals surface area contributed by atoms with Gasteiger partial charge in [-0.2, -0.15) is 0 Å². The number of aromatic amines is 1. The Morgan fingerprint density at radius 1 is 1.11 bits per heavy atom. The second kappa shape index (κ2) is 5.00. The SMILES string of the molecule is S=c1[nH]c2cc(Cl)ccc2n1Cc1ccccc1Cl. The number of hydrogen-bond acceptors (Lipinski definition) is 1. The molecular formula is C14H10Cl2N2S. The van der Waals surface area contributed by atoms with E-state index in [-0.39, 0.29) is 0 Å². The Labute approximate surface area is 125 Å². The molecule has 0 unspecified atom stereocenters. The molecule has 2 aromatic carbocycles. The summed E-state index contributed by atoms with van der Waals surface area (Å²) < 4.78 is 2.68. The smallest absolute Gasteiger partial charge is 0.178 e. The van der Waals surface area contributed by atoms with Crippen molar-refractivity contribution >= 4 is 46.5 Å². The normalized spacial score (nSPS) is 11.1. The van der Waals surface area contributed by atoms with Gasteiger partial charge in [0.1, 0.15) is 0 Å². The van der Waals surface area contributed by atoms with E-state index in [1.165, 1.54) is 0 Å². The number of imidazole rings is 1. The molecule has 0 saturated heterocycles. The maximum atomic E-state index is 6.19. The fourth-order valence-electron chi connectivity index (χ4n) is 2.09. The van der Waals surface area contributed by atoms with E-state index in [2.05, 4.69) is 4.98 Å². The lowest BCUT2D eigenvalue weighted by atomic mass is 10.2. The van der Waals surface area contributed by atoms with Gasteiger partial charge in [0, 0.05) is 10.0 Å². The van der Waals surface area contributed by atoms with E-state index >= 15 is 0 Å². The van der Waals surface area contributed by atoms with Crippen LogP contribution in [0, 0.1) is 4.77 Å². The molecule has 3 aromatic rings. The van der Waals surface area contributed by atoms with Crippen molar-refractivity contribution in [3.8, 4) is 0 Å². The minimum Gasteiger partial charge on any atom is -0.331 e.